The molecule has 0 aliphatic carbocycles. The van der Waals surface area contributed by atoms with Crippen LogP contribution in [-0.4, -0.2) is 12.6 Å². The molecule has 0 aliphatic heterocycles. The van der Waals surface area contributed by atoms with Crippen molar-refractivity contribution in [1.29, 1.82) is 0 Å². The van der Waals surface area contributed by atoms with Gasteiger partial charge in [-0.3, -0.25) is 0 Å². The van der Waals surface area contributed by atoms with E-state index in [1.165, 1.54) is 19.4 Å². The van der Waals surface area contributed by atoms with Crippen LogP contribution in [0.3, 0.4) is 0 Å². The third-order valence-corrected chi connectivity index (χ3v) is 2.84. The summed E-state index contributed by atoms with van der Waals surface area (Å²) >= 11 is 0. The summed E-state index contributed by atoms with van der Waals surface area (Å²) < 4.78 is 0. The van der Waals surface area contributed by atoms with Gasteiger partial charge < -0.3 is 5.32 Å². The Morgan fingerprint density at radius 2 is 1.67 bits per heavy atom. The van der Waals surface area contributed by atoms with E-state index in [1.807, 2.05) is 0 Å². The fourth-order valence-corrected chi connectivity index (χ4v) is 1.27. The molecule has 1 heteroatoms. The van der Waals surface area contributed by atoms with Gasteiger partial charge in [0.25, 0.3) is 0 Å². The van der Waals surface area contributed by atoms with Crippen LogP contribution in [0.1, 0.15) is 47.5 Å². The summed E-state index contributed by atoms with van der Waals surface area (Å²) in [5.74, 6) is 1.57. The van der Waals surface area contributed by atoms with Crippen LogP contribution in [0.5, 0.6) is 0 Å². The van der Waals surface area contributed by atoms with Crippen LogP contribution in [-0.2, 0) is 0 Å². The predicted molar refractivity (Wildman–Crippen MR) is 56.4 cm³/mol. The number of rotatable bonds is 6. The Kier molecular flexibility index (Phi) is 6.45. The minimum atomic E-state index is 0.663. The molecule has 0 aromatic heterocycles. The van der Waals surface area contributed by atoms with Gasteiger partial charge in [0.1, 0.15) is 0 Å². The molecular formula is C11H25N. The lowest BCUT2D eigenvalue weighted by Crippen LogP contribution is -2.35. The van der Waals surface area contributed by atoms with Gasteiger partial charge in [0, 0.05) is 6.04 Å². The third kappa shape index (κ3) is 4.76. The van der Waals surface area contributed by atoms with Gasteiger partial charge in [-0.1, -0.05) is 34.1 Å². The van der Waals surface area contributed by atoms with E-state index in [9.17, 15) is 0 Å². The van der Waals surface area contributed by atoms with Gasteiger partial charge in [0.15, 0.2) is 0 Å². The van der Waals surface area contributed by atoms with Crippen molar-refractivity contribution in [2.75, 3.05) is 6.54 Å². The van der Waals surface area contributed by atoms with Crippen LogP contribution in [0.15, 0.2) is 0 Å². The average Bonchev–Trinajstić information content (AvgIpc) is 2.03. The van der Waals surface area contributed by atoms with Gasteiger partial charge in [-0.25, -0.2) is 0 Å². The quantitative estimate of drug-likeness (QED) is 0.606. The molecule has 0 rings (SSSR count). The predicted octanol–water partition coefficient (Wildman–Crippen LogP) is 3.06. The van der Waals surface area contributed by atoms with Crippen molar-refractivity contribution in [1.82, 2.24) is 5.32 Å². The molecule has 2 atom stereocenters. The summed E-state index contributed by atoms with van der Waals surface area (Å²) in [6.45, 7) is 12.6. The molecular weight excluding hydrogens is 146 g/mol. The van der Waals surface area contributed by atoms with Gasteiger partial charge in [0.2, 0.25) is 0 Å². The van der Waals surface area contributed by atoms with E-state index in [0.717, 1.165) is 11.8 Å². The molecule has 0 bridgehead atoms. The Morgan fingerprint density at radius 3 is 2.08 bits per heavy atom. The summed E-state index contributed by atoms with van der Waals surface area (Å²) in [7, 11) is 0. The molecule has 0 aromatic carbocycles. The highest BCUT2D eigenvalue weighted by Crippen LogP contribution is 2.13. The monoisotopic (exact) mass is 171 g/mol. The summed E-state index contributed by atoms with van der Waals surface area (Å²) in [5, 5.41) is 3.56. The summed E-state index contributed by atoms with van der Waals surface area (Å²) in [5.41, 5.74) is 0. The van der Waals surface area contributed by atoms with E-state index in [-0.39, 0.29) is 0 Å². The molecule has 0 aliphatic rings. The van der Waals surface area contributed by atoms with Crippen molar-refractivity contribution >= 4 is 0 Å². The third-order valence-electron chi connectivity index (χ3n) is 2.84. The van der Waals surface area contributed by atoms with Gasteiger partial charge in [-0.2, -0.15) is 0 Å². The van der Waals surface area contributed by atoms with Gasteiger partial charge in [0.05, 0.1) is 0 Å². The second-order valence-corrected chi connectivity index (χ2v) is 4.20. The van der Waals surface area contributed by atoms with Crippen molar-refractivity contribution in [2.24, 2.45) is 11.8 Å². The molecule has 12 heavy (non-hydrogen) atoms. The molecule has 1 N–H and O–H groups in total. The zero-order chi connectivity index (χ0) is 9.56. The summed E-state index contributed by atoms with van der Waals surface area (Å²) in [6, 6.07) is 0.663. The molecule has 2 unspecified atom stereocenters. The first-order valence-electron chi connectivity index (χ1n) is 5.33. The van der Waals surface area contributed by atoms with Crippen LogP contribution in [0.4, 0.5) is 0 Å². The topological polar surface area (TPSA) is 12.0 Å². The maximum Gasteiger partial charge on any atom is 0.00668 e. The van der Waals surface area contributed by atoms with Crippen molar-refractivity contribution in [3.8, 4) is 0 Å². The van der Waals surface area contributed by atoms with Crippen LogP contribution < -0.4 is 5.32 Å². The zero-order valence-electron chi connectivity index (χ0n) is 9.35. The van der Waals surface area contributed by atoms with E-state index in [1.54, 1.807) is 0 Å². The highest BCUT2D eigenvalue weighted by molar-refractivity contribution is 4.70. The maximum atomic E-state index is 3.56. The van der Waals surface area contributed by atoms with Crippen LogP contribution in [0.25, 0.3) is 0 Å². The normalized spacial score (nSPS) is 16.5. The van der Waals surface area contributed by atoms with E-state index in [4.69, 9.17) is 0 Å². The number of unbranched alkanes of at least 4 members (excludes halogenated alkanes) is 1. The minimum Gasteiger partial charge on any atom is -0.314 e. The molecule has 1 nitrogen and oxygen atoms in total. The Labute approximate surface area is 77.9 Å². The second-order valence-electron chi connectivity index (χ2n) is 4.20. The van der Waals surface area contributed by atoms with E-state index >= 15 is 0 Å². The van der Waals surface area contributed by atoms with E-state index in [2.05, 4.69) is 39.9 Å². The Bertz CT molecular complexity index is 99.2. The molecule has 0 aromatic rings. The van der Waals surface area contributed by atoms with Crippen molar-refractivity contribution in [2.45, 2.75) is 53.5 Å². The Balaban J connectivity index is 3.49. The average molecular weight is 171 g/mol. The summed E-state index contributed by atoms with van der Waals surface area (Å²) in [4.78, 5) is 0. The van der Waals surface area contributed by atoms with Crippen LogP contribution in [0.2, 0.25) is 0 Å². The molecule has 0 saturated carbocycles. The molecule has 0 heterocycles. The summed E-state index contributed by atoms with van der Waals surface area (Å²) in [6.07, 6.45) is 2.59. The van der Waals surface area contributed by atoms with Crippen molar-refractivity contribution < 1.29 is 0 Å². The lowest BCUT2D eigenvalue weighted by molar-refractivity contribution is 0.314. The molecule has 74 valence electrons. The van der Waals surface area contributed by atoms with E-state index < -0.39 is 0 Å². The van der Waals surface area contributed by atoms with Gasteiger partial charge in [-0.15, -0.1) is 0 Å². The first kappa shape index (κ1) is 12.0. The van der Waals surface area contributed by atoms with Crippen LogP contribution in [0, 0.1) is 11.8 Å². The molecule has 0 spiro atoms. The molecule has 0 amide bonds. The number of hydrogen-bond donors (Lipinski definition) is 1. The molecule has 0 saturated heterocycles. The standard InChI is InChI=1S/C11H25N/c1-6-7-8-12-11(5)10(4)9(2)3/h9-12H,6-8H2,1-5H3. The van der Waals surface area contributed by atoms with Gasteiger partial charge in [-0.05, 0) is 31.7 Å². The number of hydrogen-bond acceptors (Lipinski definition) is 1. The second kappa shape index (κ2) is 6.47. The highest BCUT2D eigenvalue weighted by atomic mass is 14.9. The first-order valence-corrected chi connectivity index (χ1v) is 5.33. The van der Waals surface area contributed by atoms with Gasteiger partial charge >= 0.3 is 0 Å². The fraction of sp³-hybridized carbons (Fsp3) is 1.00. The van der Waals surface area contributed by atoms with Crippen molar-refractivity contribution in [3.05, 3.63) is 0 Å². The van der Waals surface area contributed by atoms with E-state index in [0.29, 0.717) is 6.04 Å². The zero-order valence-corrected chi connectivity index (χ0v) is 9.35. The lowest BCUT2D eigenvalue weighted by atomic mass is 9.91. The Hall–Kier alpha value is -0.0400. The highest BCUT2D eigenvalue weighted by Gasteiger charge is 2.14. The molecule has 0 radical (unpaired) electrons. The fourth-order valence-electron chi connectivity index (χ4n) is 1.27. The van der Waals surface area contributed by atoms with Crippen LogP contribution >= 0.6 is 0 Å². The largest absolute Gasteiger partial charge is 0.314 e. The number of nitrogens with one attached hydrogen (secondary N) is 1. The smallest absolute Gasteiger partial charge is 0.00668 e. The maximum absolute atomic E-state index is 3.56. The SMILES string of the molecule is CCCCNC(C)C(C)C(C)C. The Morgan fingerprint density at radius 1 is 1.08 bits per heavy atom. The molecule has 0 fully saturated rings. The first-order chi connectivity index (χ1) is 5.59. The van der Waals surface area contributed by atoms with Crippen molar-refractivity contribution in [3.63, 3.8) is 0 Å². The lowest BCUT2D eigenvalue weighted by Gasteiger charge is -2.24. The minimum absolute atomic E-state index is 0.663.